The zero-order valence-electron chi connectivity index (χ0n) is 12.3. The fourth-order valence-electron chi connectivity index (χ4n) is 2.63. The van der Waals surface area contributed by atoms with Gasteiger partial charge in [-0.15, -0.1) is 0 Å². The Morgan fingerprint density at radius 3 is 2.54 bits per heavy atom. The molecule has 4 nitrogen and oxygen atoms in total. The third kappa shape index (κ3) is 2.45. The fourth-order valence-corrected chi connectivity index (χ4v) is 2.89. The summed E-state index contributed by atoms with van der Waals surface area (Å²) in [5, 5.41) is 2.90. The summed E-state index contributed by atoms with van der Waals surface area (Å²) in [4.78, 5) is 16.9. The van der Waals surface area contributed by atoms with Gasteiger partial charge in [0.25, 0.3) is 5.56 Å². The van der Waals surface area contributed by atoms with Gasteiger partial charge in [-0.1, -0.05) is 40.2 Å². The molecule has 0 saturated heterocycles. The molecule has 2 aromatic heterocycles. The molecule has 0 aliphatic heterocycles. The summed E-state index contributed by atoms with van der Waals surface area (Å²) in [5.41, 5.74) is 2.48. The van der Waals surface area contributed by atoms with Gasteiger partial charge in [0.15, 0.2) is 5.65 Å². The van der Waals surface area contributed by atoms with Crippen LogP contribution in [-0.2, 0) is 0 Å². The molecule has 4 aromatic rings. The van der Waals surface area contributed by atoms with Crippen LogP contribution in [0.1, 0.15) is 0 Å². The van der Waals surface area contributed by atoms with E-state index < -0.39 is 5.82 Å². The van der Waals surface area contributed by atoms with Crippen molar-refractivity contribution in [3.05, 3.63) is 81.4 Å². The number of rotatable bonds is 2. The third-order valence-electron chi connectivity index (χ3n) is 3.80. The van der Waals surface area contributed by atoms with Gasteiger partial charge in [-0.3, -0.25) is 9.89 Å². The smallest absolute Gasteiger partial charge is 0.273 e. The normalized spacial score (nSPS) is 11.1. The summed E-state index contributed by atoms with van der Waals surface area (Å²) in [5.74, 6) is -0.408. The highest BCUT2D eigenvalue weighted by Gasteiger charge is 2.13. The van der Waals surface area contributed by atoms with Crippen molar-refractivity contribution in [2.45, 2.75) is 0 Å². The highest BCUT2D eigenvalue weighted by molar-refractivity contribution is 9.10. The minimum Gasteiger partial charge on any atom is -0.296 e. The molecule has 6 heteroatoms. The summed E-state index contributed by atoms with van der Waals surface area (Å²) < 4.78 is 16.3. The van der Waals surface area contributed by atoms with E-state index in [2.05, 4.69) is 26.0 Å². The van der Waals surface area contributed by atoms with Crippen molar-refractivity contribution in [1.29, 1.82) is 0 Å². The van der Waals surface area contributed by atoms with E-state index in [1.807, 2.05) is 24.3 Å². The number of benzene rings is 2. The van der Waals surface area contributed by atoms with Crippen molar-refractivity contribution < 1.29 is 4.39 Å². The average molecular weight is 384 g/mol. The van der Waals surface area contributed by atoms with Gasteiger partial charge in [0.1, 0.15) is 5.82 Å². The molecule has 24 heavy (non-hydrogen) atoms. The molecule has 0 spiro atoms. The van der Waals surface area contributed by atoms with Crippen LogP contribution in [0.3, 0.4) is 0 Å². The van der Waals surface area contributed by atoms with E-state index in [1.165, 1.54) is 16.6 Å². The Hall–Kier alpha value is -2.73. The number of aromatic nitrogens is 3. The van der Waals surface area contributed by atoms with Crippen LogP contribution in [0.15, 0.2) is 70.1 Å². The van der Waals surface area contributed by atoms with Crippen LogP contribution in [-0.4, -0.2) is 14.6 Å². The molecule has 0 amide bonds. The van der Waals surface area contributed by atoms with Gasteiger partial charge in [-0.25, -0.2) is 13.9 Å². The van der Waals surface area contributed by atoms with Crippen molar-refractivity contribution in [1.82, 2.24) is 14.6 Å². The number of hydrogen-bond acceptors (Lipinski definition) is 2. The number of nitrogens with one attached hydrogen (secondary N) is 1. The summed E-state index contributed by atoms with van der Waals surface area (Å²) in [7, 11) is 0. The largest absolute Gasteiger partial charge is 0.296 e. The molecular weight excluding hydrogens is 373 g/mol. The molecule has 0 saturated carbocycles. The SMILES string of the molecule is O=c1cc(-c2ccccc2F)nc2c(-c3ccc(Br)cc3)c[nH]n12. The van der Waals surface area contributed by atoms with E-state index in [4.69, 9.17) is 0 Å². The van der Waals surface area contributed by atoms with Gasteiger partial charge in [0, 0.05) is 27.9 Å². The molecule has 2 heterocycles. The molecule has 0 radical (unpaired) electrons. The fraction of sp³-hybridized carbons (Fsp3) is 0. The number of halogens is 2. The average Bonchev–Trinajstić information content (AvgIpc) is 3.00. The number of nitrogens with zero attached hydrogens (tertiary/aromatic N) is 2. The standard InChI is InChI=1S/C18H11BrFN3O/c19-12-7-5-11(6-8-12)14-10-21-23-17(24)9-16(22-18(14)23)13-3-1-2-4-15(13)20/h1-10,21H. The first-order valence-corrected chi connectivity index (χ1v) is 8.05. The molecule has 0 aliphatic carbocycles. The van der Waals surface area contributed by atoms with Crippen molar-refractivity contribution >= 4 is 21.6 Å². The lowest BCUT2D eigenvalue weighted by molar-refractivity contribution is 0.630. The van der Waals surface area contributed by atoms with E-state index in [0.29, 0.717) is 16.9 Å². The van der Waals surface area contributed by atoms with Crippen molar-refractivity contribution in [3.63, 3.8) is 0 Å². The molecule has 0 fully saturated rings. The first-order chi connectivity index (χ1) is 11.6. The molecule has 2 aromatic carbocycles. The quantitative estimate of drug-likeness (QED) is 0.562. The second kappa shape index (κ2) is 5.72. The van der Waals surface area contributed by atoms with E-state index in [0.717, 1.165) is 15.6 Å². The van der Waals surface area contributed by atoms with Gasteiger partial charge in [0.05, 0.1) is 5.69 Å². The highest BCUT2D eigenvalue weighted by atomic mass is 79.9. The zero-order valence-corrected chi connectivity index (χ0v) is 13.9. The van der Waals surface area contributed by atoms with Gasteiger partial charge in [0.2, 0.25) is 0 Å². The zero-order chi connectivity index (χ0) is 16.7. The predicted molar refractivity (Wildman–Crippen MR) is 94.3 cm³/mol. The molecule has 0 unspecified atom stereocenters. The lowest BCUT2D eigenvalue weighted by atomic mass is 10.1. The van der Waals surface area contributed by atoms with E-state index in [1.54, 1.807) is 24.4 Å². The van der Waals surface area contributed by atoms with Crippen molar-refractivity contribution in [2.75, 3.05) is 0 Å². The summed E-state index contributed by atoms with van der Waals surface area (Å²) in [6.07, 6.45) is 1.72. The third-order valence-corrected chi connectivity index (χ3v) is 4.33. The topological polar surface area (TPSA) is 50.2 Å². The number of H-pyrrole nitrogens is 1. The molecule has 0 atom stereocenters. The molecule has 1 N–H and O–H groups in total. The maximum atomic E-state index is 14.0. The van der Waals surface area contributed by atoms with Crippen LogP contribution < -0.4 is 5.56 Å². The first kappa shape index (κ1) is 14.8. The van der Waals surface area contributed by atoms with Gasteiger partial charge in [-0.05, 0) is 29.8 Å². The highest BCUT2D eigenvalue weighted by Crippen LogP contribution is 2.26. The first-order valence-electron chi connectivity index (χ1n) is 7.25. The monoisotopic (exact) mass is 383 g/mol. The Morgan fingerprint density at radius 2 is 1.79 bits per heavy atom. The van der Waals surface area contributed by atoms with Crippen LogP contribution in [0.4, 0.5) is 4.39 Å². The second-order valence-corrected chi connectivity index (χ2v) is 6.23. The Labute approximate surface area is 144 Å². The Balaban J connectivity index is 1.97. The number of hydrogen-bond donors (Lipinski definition) is 1. The molecule has 0 bridgehead atoms. The van der Waals surface area contributed by atoms with Crippen molar-refractivity contribution in [3.8, 4) is 22.4 Å². The lowest BCUT2D eigenvalue weighted by Crippen LogP contribution is -2.14. The van der Waals surface area contributed by atoms with Crippen LogP contribution in [0.2, 0.25) is 0 Å². The number of fused-ring (bicyclic) bond motifs is 1. The molecule has 118 valence electrons. The van der Waals surface area contributed by atoms with Crippen molar-refractivity contribution in [2.24, 2.45) is 0 Å². The van der Waals surface area contributed by atoms with Gasteiger partial charge >= 0.3 is 0 Å². The molecule has 0 aliphatic rings. The van der Waals surface area contributed by atoms with Crippen LogP contribution in [0.5, 0.6) is 0 Å². The predicted octanol–water partition coefficient (Wildman–Crippen LogP) is 4.26. The van der Waals surface area contributed by atoms with Gasteiger partial charge in [-0.2, -0.15) is 0 Å². The Kier molecular flexibility index (Phi) is 3.54. The Morgan fingerprint density at radius 1 is 1.04 bits per heavy atom. The second-order valence-electron chi connectivity index (χ2n) is 5.31. The van der Waals surface area contributed by atoms with E-state index in [9.17, 15) is 9.18 Å². The number of aromatic amines is 1. The van der Waals surface area contributed by atoms with Gasteiger partial charge < -0.3 is 0 Å². The van der Waals surface area contributed by atoms with Crippen LogP contribution in [0, 0.1) is 5.82 Å². The molecular formula is C18H11BrFN3O. The summed E-state index contributed by atoms with van der Waals surface area (Å²) >= 11 is 3.40. The van der Waals surface area contributed by atoms with E-state index in [-0.39, 0.29) is 5.56 Å². The maximum absolute atomic E-state index is 14.0. The lowest BCUT2D eigenvalue weighted by Gasteiger charge is -2.04. The van der Waals surface area contributed by atoms with Crippen LogP contribution in [0.25, 0.3) is 28.0 Å². The molecule has 4 rings (SSSR count). The Bertz CT molecular complexity index is 1100. The van der Waals surface area contributed by atoms with E-state index >= 15 is 0 Å². The minimum atomic E-state index is -0.408. The van der Waals surface area contributed by atoms with Crippen LogP contribution >= 0.6 is 15.9 Å². The minimum absolute atomic E-state index is 0.290. The summed E-state index contributed by atoms with van der Waals surface area (Å²) in [6.45, 7) is 0. The summed E-state index contributed by atoms with van der Waals surface area (Å²) in [6, 6.07) is 15.3. The maximum Gasteiger partial charge on any atom is 0.273 e.